The smallest absolute Gasteiger partial charge is 0.137 e. The van der Waals surface area contributed by atoms with Crippen molar-refractivity contribution < 1.29 is 4.42 Å². The lowest BCUT2D eigenvalue weighted by Crippen LogP contribution is -2.11. The lowest BCUT2D eigenvalue weighted by Gasteiger charge is -2.28. The molecule has 0 atom stereocenters. The van der Waals surface area contributed by atoms with E-state index in [-0.39, 0.29) is 0 Å². The fraction of sp³-hybridized carbons (Fsp3) is 0.122. The highest BCUT2D eigenvalue weighted by molar-refractivity contribution is 6.07. The largest absolute Gasteiger partial charge is 0.456 e. The van der Waals surface area contributed by atoms with Gasteiger partial charge in [0.2, 0.25) is 0 Å². The van der Waals surface area contributed by atoms with Gasteiger partial charge in [-0.15, -0.1) is 0 Å². The molecule has 13 aromatic rings. The van der Waals surface area contributed by atoms with Crippen molar-refractivity contribution in [2.45, 2.75) is 69.2 Å². The van der Waals surface area contributed by atoms with Gasteiger partial charge >= 0.3 is 0 Å². The van der Waals surface area contributed by atoms with E-state index in [2.05, 4.69) is 344 Å². The maximum Gasteiger partial charge on any atom is 0.137 e. The van der Waals surface area contributed by atoms with Crippen LogP contribution in [0.25, 0.3) is 44.2 Å². The van der Waals surface area contributed by atoms with Gasteiger partial charge in [0.1, 0.15) is 11.2 Å². The number of hydrogen-bond donors (Lipinski definition) is 0. The maximum atomic E-state index is 6.97. The van der Waals surface area contributed by atoms with E-state index in [0.717, 1.165) is 101 Å². The van der Waals surface area contributed by atoms with Crippen LogP contribution in [0, 0.1) is 69.2 Å². The molecule has 12 aromatic carbocycles. The van der Waals surface area contributed by atoms with Crippen LogP contribution >= 0.6 is 0 Å². The molecule has 0 aliphatic heterocycles. The average Bonchev–Trinajstić information content (AvgIpc) is 1.96. The summed E-state index contributed by atoms with van der Waals surface area (Å²) in [4.78, 5) is 9.43. The number of nitrogens with zero attached hydrogens (tertiary/aromatic N) is 4. The third-order valence-electron chi connectivity index (χ3n) is 17.1. The van der Waals surface area contributed by atoms with E-state index in [0.29, 0.717) is 0 Å². The molecule has 0 aliphatic rings. The molecule has 0 radical (unpaired) electrons. The van der Waals surface area contributed by atoms with Crippen molar-refractivity contribution in [3.05, 3.63) is 310 Å². The molecule has 1 aromatic heterocycles. The zero-order valence-corrected chi connectivity index (χ0v) is 51.4. The van der Waals surface area contributed by atoms with Gasteiger partial charge in [0.05, 0.1) is 0 Å². The van der Waals surface area contributed by atoms with Crippen LogP contribution < -0.4 is 19.6 Å². The number of benzene rings is 12. The summed E-state index contributed by atoms with van der Waals surface area (Å²) in [6, 6.07) is 93.5. The van der Waals surface area contributed by atoms with Crippen LogP contribution in [0.3, 0.4) is 0 Å². The normalized spacial score (nSPS) is 11.3. The number of aryl methyl sites for hydroxylation is 10. The van der Waals surface area contributed by atoms with E-state index in [1.807, 2.05) is 0 Å². The fourth-order valence-corrected chi connectivity index (χ4v) is 12.6. The quantitative estimate of drug-likeness (QED) is 0.108. The molecule has 0 spiro atoms. The molecule has 5 heteroatoms. The molecule has 426 valence electrons. The monoisotopic (exact) mass is 1130 g/mol. The van der Waals surface area contributed by atoms with E-state index in [4.69, 9.17) is 4.42 Å². The molecular formula is C82H72N4O. The van der Waals surface area contributed by atoms with Gasteiger partial charge in [-0.3, -0.25) is 0 Å². The molecule has 0 saturated carbocycles. The summed E-state index contributed by atoms with van der Waals surface area (Å²) >= 11 is 0. The highest BCUT2D eigenvalue weighted by Gasteiger charge is 2.22. The second-order valence-electron chi connectivity index (χ2n) is 23.8. The van der Waals surface area contributed by atoms with E-state index < -0.39 is 0 Å². The molecule has 13 rings (SSSR count). The molecule has 0 saturated heterocycles. The van der Waals surface area contributed by atoms with Crippen LogP contribution in [-0.4, -0.2) is 0 Å². The van der Waals surface area contributed by atoms with Crippen molar-refractivity contribution in [3.8, 4) is 22.3 Å². The molecule has 0 amide bonds. The summed E-state index contributed by atoms with van der Waals surface area (Å²) in [7, 11) is 0. The van der Waals surface area contributed by atoms with Crippen LogP contribution in [0.2, 0.25) is 0 Å². The van der Waals surface area contributed by atoms with Crippen molar-refractivity contribution in [3.63, 3.8) is 0 Å². The standard InChI is InChI=1S/C82H72N4O/c1-53-11-27-67(28-12-53)83(77-43-15-55(3)47-59(77)7)69-31-19-63(20-32-69)65-23-35-71(36-24-65)85(79-45-17-57(5)49-61(79)9)73-39-41-75-76-42-40-74(52-82(76)87-81(75)51-73)86(80-46-18-58(6)50-62(80)10)72-37-25-66(26-38-72)64-21-33-70(34-22-64)84(68-29-13-54(2)14-30-68)78-44-16-56(4)48-60(78)8/h11-52H,1-10H3. The summed E-state index contributed by atoms with van der Waals surface area (Å²) in [6.45, 7) is 21.7. The lowest BCUT2D eigenvalue weighted by molar-refractivity contribution is 0.669. The van der Waals surface area contributed by atoms with Crippen LogP contribution in [-0.2, 0) is 0 Å². The second-order valence-corrected chi connectivity index (χ2v) is 23.8. The van der Waals surface area contributed by atoms with Gasteiger partial charge in [0.25, 0.3) is 0 Å². The Kier molecular flexibility index (Phi) is 14.9. The molecule has 87 heavy (non-hydrogen) atoms. The average molecular weight is 1130 g/mol. The molecule has 0 N–H and O–H groups in total. The number of fused-ring (bicyclic) bond motifs is 3. The Hall–Kier alpha value is -10.4. The Bertz CT molecular complexity index is 4360. The van der Waals surface area contributed by atoms with Gasteiger partial charge in [0.15, 0.2) is 0 Å². The zero-order chi connectivity index (χ0) is 60.0. The molecule has 0 fully saturated rings. The Labute approximate surface area is 513 Å². The minimum absolute atomic E-state index is 0.830. The fourth-order valence-electron chi connectivity index (χ4n) is 12.6. The number of anilines is 12. The van der Waals surface area contributed by atoms with Crippen molar-refractivity contribution in [2.24, 2.45) is 0 Å². The third kappa shape index (κ3) is 11.2. The van der Waals surface area contributed by atoms with Gasteiger partial charge in [0, 0.05) is 91.2 Å². The molecule has 5 nitrogen and oxygen atoms in total. The van der Waals surface area contributed by atoms with Gasteiger partial charge in [-0.05, 0) is 235 Å². The first-order valence-electron chi connectivity index (χ1n) is 30.2. The predicted molar refractivity (Wildman–Crippen MR) is 371 cm³/mol. The topological polar surface area (TPSA) is 26.1 Å². The summed E-state index contributed by atoms with van der Waals surface area (Å²) in [5, 5.41) is 2.14. The Morgan fingerprint density at radius 1 is 0.195 bits per heavy atom. The minimum Gasteiger partial charge on any atom is -0.456 e. The Morgan fingerprint density at radius 2 is 0.402 bits per heavy atom. The highest BCUT2D eigenvalue weighted by Crippen LogP contribution is 2.45. The minimum atomic E-state index is 0.830. The molecule has 0 aliphatic carbocycles. The third-order valence-corrected chi connectivity index (χ3v) is 17.1. The van der Waals surface area contributed by atoms with Crippen molar-refractivity contribution >= 4 is 90.2 Å². The van der Waals surface area contributed by atoms with Crippen molar-refractivity contribution in [1.82, 2.24) is 0 Å². The Morgan fingerprint density at radius 3 is 0.644 bits per heavy atom. The van der Waals surface area contributed by atoms with Gasteiger partial charge in [-0.1, -0.05) is 155 Å². The lowest BCUT2D eigenvalue weighted by atomic mass is 10.0. The number of rotatable bonds is 14. The maximum absolute atomic E-state index is 6.97. The first kappa shape index (κ1) is 55.8. The molecule has 1 heterocycles. The van der Waals surface area contributed by atoms with Crippen LogP contribution in [0.5, 0.6) is 0 Å². The van der Waals surface area contributed by atoms with Gasteiger partial charge in [-0.2, -0.15) is 0 Å². The van der Waals surface area contributed by atoms with E-state index in [1.54, 1.807) is 0 Å². The van der Waals surface area contributed by atoms with Crippen molar-refractivity contribution in [2.75, 3.05) is 19.6 Å². The van der Waals surface area contributed by atoms with E-state index >= 15 is 0 Å². The van der Waals surface area contributed by atoms with Gasteiger partial charge < -0.3 is 24.0 Å². The zero-order valence-electron chi connectivity index (χ0n) is 51.4. The second kappa shape index (κ2) is 23.2. The Balaban J connectivity index is 0.811. The first-order valence-corrected chi connectivity index (χ1v) is 30.2. The van der Waals surface area contributed by atoms with E-state index in [1.165, 1.54) is 67.0 Å². The summed E-state index contributed by atoms with van der Waals surface area (Å²) in [5.41, 5.74) is 31.8. The molecular weight excluding hydrogens is 1060 g/mol. The number of hydrogen-bond acceptors (Lipinski definition) is 5. The predicted octanol–water partition coefficient (Wildman–Crippen LogP) is 23.9. The van der Waals surface area contributed by atoms with E-state index in [9.17, 15) is 0 Å². The summed E-state index contributed by atoms with van der Waals surface area (Å²) < 4.78 is 6.97. The summed E-state index contributed by atoms with van der Waals surface area (Å²) in [5.74, 6) is 0. The summed E-state index contributed by atoms with van der Waals surface area (Å²) in [6.07, 6.45) is 0. The van der Waals surface area contributed by atoms with Gasteiger partial charge in [-0.25, -0.2) is 0 Å². The first-order chi connectivity index (χ1) is 42.2. The van der Waals surface area contributed by atoms with Crippen LogP contribution in [0.1, 0.15) is 55.6 Å². The SMILES string of the molecule is Cc1ccc(N(c2ccc(-c3ccc(N(c4ccc5c(c4)oc4cc(N(c6ccc(-c7ccc(N(c8ccc(C)cc8)c8ccc(C)cc8C)cc7)cc6)c6ccc(C)cc6C)ccc45)c4ccc(C)cc4C)cc3)cc2)c2ccc(C)cc2C)cc1. The van der Waals surface area contributed by atoms with Crippen LogP contribution in [0.15, 0.2) is 259 Å². The number of furan rings is 1. The highest BCUT2D eigenvalue weighted by atomic mass is 16.3. The van der Waals surface area contributed by atoms with Crippen molar-refractivity contribution in [1.29, 1.82) is 0 Å². The molecule has 0 unspecified atom stereocenters. The molecule has 0 bridgehead atoms. The van der Waals surface area contributed by atoms with Crippen LogP contribution in [0.4, 0.5) is 68.2 Å².